The van der Waals surface area contributed by atoms with Crippen molar-refractivity contribution in [3.05, 3.63) is 24.8 Å². The molecule has 1 heterocycles. The molecule has 0 fully saturated rings. The number of rotatable bonds is 6. The Bertz CT molecular complexity index is 308. The van der Waals surface area contributed by atoms with E-state index in [-0.39, 0.29) is 5.91 Å². The van der Waals surface area contributed by atoms with Gasteiger partial charge in [0.2, 0.25) is 5.91 Å². The maximum absolute atomic E-state index is 11.3. The summed E-state index contributed by atoms with van der Waals surface area (Å²) >= 11 is 0. The SMILES string of the molecule is C=CCC(N)C(=O)NCCc1ncn[nH]1. The van der Waals surface area contributed by atoms with Gasteiger partial charge in [-0.3, -0.25) is 9.89 Å². The predicted octanol–water partition coefficient (Wildman–Crippen LogP) is -0.633. The van der Waals surface area contributed by atoms with Crippen LogP contribution in [0.4, 0.5) is 0 Å². The molecule has 82 valence electrons. The summed E-state index contributed by atoms with van der Waals surface area (Å²) in [4.78, 5) is 15.3. The van der Waals surface area contributed by atoms with E-state index in [2.05, 4.69) is 27.1 Å². The first-order valence-electron chi connectivity index (χ1n) is 4.72. The van der Waals surface area contributed by atoms with Crippen LogP contribution in [-0.2, 0) is 11.2 Å². The van der Waals surface area contributed by atoms with Crippen molar-refractivity contribution in [2.24, 2.45) is 5.73 Å². The van der Waals surface area contributed by atoms with Gasteiger partial charge in [0.05, 0.1) is 6.04 Å². The molecule has 1 aromatic rings. The molecule has 6 nitrogen and oxygen atoms in total. The van der Waals surface area contributed by atoms with Crippen LogP contribution in [0, 0.1) is 0 Å². The van der Waals surface area contributed by atoms with Crippen LogP contribution in [0.25, 0.3) is 0 Å². The number of nitrogens with two attached hydrogens (primary N) is 1. The average Bonchev–Trinajstić information content (AvgIpc) is 2.71. The molecule has 6 heteroatoms. The van der Waals surface area contributed by atoms with Gasteiger partial charge in [-0.1, -0.05) is 6.08 Å². The Morgan fingerprint density at radius 3 is 3.20 bits per heavy atom. The highest BCUT2D eigenvalue weighted by Gasteiger charge is 2.10. The van der Waals surface area contributed by atoms with Gasteiger partial charge in [0.25, 0.3) is 0 Å². The number of hydrogen-bond donors (Lipinski definition) is 3. The van der Waals surface area contributed by atoms with Crippen molar-refractivity contribution in [2.45, 2.75) is 18.9 Å². The number of nitrogens with one attached hydrogen (secondary N) is 2. The summed E-state index contributed by atoms with van der Waals surface area (Å²) in [5.74, 6) is 0.571. The summed E-state index contributed by atoms with van der Waals surface area (Å²) in [6.45, 7) is 4.02. The van der Waals surface area contributed by atoms with Crippen LogP contribution in [0.15, 0.2) is 19.0 Å². The second-order valence-corrected chi connectivity index (χ2v) is 3.10. The molecule has 0 saturated carbocycles. The number of carbonyl (C=O) groups is 1. The fourth-order valence-corrected chi connectivity index (χ4v) is 1.07. The van der Waals surface area contributed by atoms with Crippen LogP contribution in [-0.4, -0.2) is 33.7 Å². The number of amides is 1. The van der Waals surface area contributed by atoms with E-state index in [4.69, 9.17) is 5.73 Å². The number of aromatic amines is 1. The van der Waals surface area contributed by atoms with Gasteiger partial charge in [0.1, 0.15) is 12.2 Å². The standard InChI is InChI=1S/C9H15N5O/c1-2-3-7(10)9(15)11-5-4-8-12-6-13-14-8/h2,6-7H,1,3-5,10H2,(H,11,15)(H,12,13,14). The van der Waals surface area contributed by atoms with Crippen molar-refractivity contribution < 1.29 is 4.79 Å². The molecule has 1 unspecified atom stereocenters. The van der Waals surface area contributed by atoms with E-state index in [1.807, 2.05) is 0 Å². The van der Waals surface area contributed by atoms with E-state index in [1.54, 1.807) is 6.08 Å². The van der Waals surface area contributed by atoms with Crippen molar-refractivity contribution in [3.8, 4) is 0 Å². The van der Waals surface area contributed by atoms with Gasteiger partial charge in [-0.25, -0.2) is 4.98 Å². The second kappa shape index (κ2) is 5.92. The third-order valence-corrected chi connectivity index (χ3v) is 1.88. The second-order valence-electron chi connectivity index (χ2n) is 3.10. The Balaban J connectivity index is 2.19. The van der Waals surface area contributed by atoms with E-state index in [9.17, 15) is 4.79 Å². The van der Waals surface area contributed by atoms with Crippen LogP contribution in [0.2, 0.25) is 0 Å². The molecule has 0 aliphatic carbocycles. The molecule has 0 saturated heterocycles. The molecule has 0 radical (unpaired) electrons. The molecule has 1 atom stereocenters. The molecule has 0 spiro atoms. The minimum atomic E-state index is -0.516. The maximum Gasteiger partial charge on any atom is 0.237 e. The zero-order valence-corrected chi connectivity index (χ0v) is 8.44. The van der Waals surface area contributed by atoms with E-state index in [0.717, 1.165) is 5.82 Å². The van der Waals surface area contributed by atoms with Gasteiger partial charge in [-0.15, -0.1) is 6.58 Å². The van der Waals surface area contributed by atoms with Crippen LogP contribution < -0.4 is 11.1 Å². The van der Waals surface area contributed by atoms with E-state index < -0.39 is 6.04 Å². The lowest BCUT2D eigenvalue weighted by Gasteiger charge is -2.09. The van der Waals surface area contributed by atoms with Crippen LogP contribution in [0.1, 0.15) is 12.2 Å². The molecule has 4 N–H and O–H groups in total. The third kappa shape index (κ3) is 3.90. The van der Waals surface area contributed by atoms with E-state index in [0.29, 0.717) is 19.4 Å². The molecule has 1 amide bonds. The van der Waals surface area contributed by atoms with Crippen molar-refractivity contribution in [3.63, 3.8) is 0 Å². The largest absolute Gasteiger partial charge is 0.354 e. The first-order chi connectivity index (χ1) is 7.24. The molecule has 15 heavy (non-hydrogen) atoms. The summed E-state index contributed by atoms with van der Waals surface area (Å²) in [6, 6.07) is -0.516. The Morgan fingerprint density at radius 2 is 2.60 bits per heavy atom. The van der Waals surface area contributed by atoms with Gasteiger partial charge in [-0.2, -0.15) is 5.10 Å². The van der Waals surface area contributed by atoms with Crippen molar-refractivity contribution >= 4 is 5.91 Å². The molecule has 0 aromatic carbocycles. The highest BCUT2D eigenvalue weighted by Crippen LogP contribution is 1.90. The molecule has 1 rings (SSSR count). The minimum Gasteiger partial charge on any atom is -0.354 e. The van der Waals surface area contributed by atoms with Crippen molar-refractivity contribution in [2.75, 3.05) is 6.54 Å². The third-order valence-electron chi connectivity index (χ3n) is 1.88. The molecule has 0 aliphatic heterocycles. The van der Waals surface area contributed by atoms with Crippen LogP contribution in [0.5, 0.6) is 0 Å². The number of nitrogens with zero attached hydrogens (tertiary/aromatic N) is 2. The summed E-state index contributed by atoms with van der Waals surface area (Å²) in [6.07, 6.45) is 4.15. The Hall–Kier alpha value is -1.69. The summed E-state index contributed by atoms with van der Waals surface area (Å²) in [5, 5.41) is 9.11. The zero-order chi connectivity index (χ0) is 11.1. The van der Waals surface area contributed by atoms with Crippen LogP contribution in [0.3, 0.4) is 0 Å². The van der Waals surface area contributed by atoms with Crippen molar-refractivity contribution in [1.29, 1.82) is 0 Å². The first kappa shape index (κ1) is 11.4. The normalized spacial score (nSPS) is 12.1. The summed E-state index contributed by atoms with van der Waals surface area (Å²) < 4.78 is 0. The molecule has 0 aliphatic rings. The van der Waals surface area contributed by atoms with Gasteiger partial charge >= 0.3 is 0 Å². The Labute approximate surface area is 88.0 Å². The monoisotopic (exact) mass is 209 g/mol. The highest BCUT2D eigenvalue weighted by atomic mass is 16.2. The van der Waals surface area contributed by atoms with Gasteiger partial charge in [0, 0.05) is 13.0 Å². The lowest BCUT2D eigenvalue weighted by atomic mass is 10.2. The number of aromatic nitrogens is 3. The molecule has 0 bridgehead atoms. The Morgan fingerprint density at radius 1 is 1.80 bits per heavy atom. The molecular weight excluding hydrogens is 194 g/mol. The Kier molecular flexibility index (Phi) is 4.49. The lowest BCUT2D eigenvalue weighted by molar-refractivity contribution is -0.122. The molecule has 1 aromatic heterocycles. The average molecular weight is 209 g/mol. The fraction of sp³-hybridized carbons (Fsp3) is 0.444. The topological polar surface area (TPSA) is 96.7 Å². The van der Waals surface area contributed by atoms with E-state index >= 15 is 0 Å². The van der Waals surface area contributed by atoms with Gasteiger partial charge in [0.15, 0.2) is 0 Å². The van der Waals surface area contributed by atoms with Crippen LogP contribution >= 0.6 is 0 Å². The minimum absolute atomic E-state index is 0.172. The van der Waals surface area contributed by atoms with Crippen molar-refractivity contribution in [1.82, 2.24) is 20.5 Å². The quantitative estimate of drug-likeness (QED) is 0.543. The highest BCUT2D eigenvalue weighted by molar-refractivity contribution is 5.81. The smallest absolute Gasteiger partial charge is 0.237 e. The summed E-state index contributed by atoms with van der Waals surface area (Å²) in [5.41, 5.74) is 5.57. The maximum atomic E-state index is 11.3. The summed E-state index contributed by atoms with van der Waals surface area (Å²) in [7, 11) is 0. The lowest BCUT2D eigenvalue weighted by Crippen LogP contribution is -2.41. The zero-order valence-electron chi connectivity index (χ0n) is 8.44. The molecular formula is C9H15N5O. The number of hydrogen-bond acceptors (Lipinski definition) is 4. The van der Waals surface area contributed by atoms with Gasteiger partial charge < -0.3 is 11.1 Å². The van der Waals surface area contributed by atoms with Gasteiger partial charge in [-0.05, 0) is 6.42 Å². The van der Waals surface area contributed by atoms with E-state index in [1.165, 1.54) is 6.33 Å². The first-order valence-corrected chi connectivity index (χ1v) is 4.72. The predicted molar refractivity (Wildman–Crippen MR) is 55.9 cm³/mol. The fourth-order valence-electron chi connectivity index (χ4n) is 1.07. The number of carbonyl (C=O) groups excluding carboxylic acids is 1. The number of H-pyrrole nitrogens is 1.